The van der Waals surface area contributed by atoms with Gasteiger partial charge in [-0.15, -0.1) is 0 Å². The van der Waals surface area contributed by atoms with Gasteiger partial charge >= 0.3 is 0 Å². The molecular formula is C20H24N6O2. The normalized spacial score (nSPS) is 17.6. The zero-order valence-electron chi connectivity index (χ0n) is 15.8. The maximum Gasteiger partial charge on any atom is 0.255 e. The molecule has 2 amide bonds. The minimum Gasteiger partial charge on any atom is -0.367 e. The number of nitrogens with zero attached hydrogens (tertiary/aromatic N) is 6. The molecule has 0 aliphatic carbocycles. The number of anilines is 2. The fraction of sp³-hybridized carbons (Fsp3) is 0.400. The van der Waals surface area contributed by atoms with Gasteiger partial charge in [-0.25, -0.2) is 4.98 Å². The number of pyridine rings is 2. The van der Waals surface area contributed by atoms with E-state index >= 15 is 0 Å². The molecule has 2 saturated heterocycles. The van der Waals surface area contributed by atoms with Crippen LogP contribution in [-0.4, -0.2) is 84.4 Å². The first kappa shape index (κ1) is 18.2. The molecule has 0 aromatic carbocycles. The lowest BCUT2D eigenvalue weighted by molar-refractivity contribution is -0.118. The van der Waals surface area contributed by atoms with Gasteiger partial charge in [-0.1, -0.05) is 6.07 Å². The summed E-state index contributed by atoms with van der Waals surface area (Å²) in [6, 6.07) is 7.79. The number of hydrogen-bond donors (Lipinski definition) is 0. The maximum atomic E-state index is 13.0. The van der Waals surface area contributed by atoms with Crippen LogP contribution in [0.1, 0.15) is 10.4 Å². The lowest BCUT2D eigenvalue weighted by atomic mass is 10.2. The van der Waals surface area contributed by atoms with Gasteiger partial charge in [0.25, 0.3) is 5.91 Å². The highest BCUT2D eigenvalue weighted by atomic mass is 16.2. The van der Waals surface area contributed by atoms with E-state index in [2.05, 4.69) is 19.8 Å². The van der Waals surface area contributed by atoms with E-state index in [0.717, 1.165) is 44.1 Å². The quantitative estimate of drug-likeness (QED) is 0.728. The van der Waals surface area contributed by atoms with Crippen molar-refractivity contribution in [2.45, 2.75) is 0 Å². The molecule has 0 unspecified atom stereocenters. The van der Waals surface area contributed by atoms with Crippen LogP contribution in [0, 0.1) is 0 Å². The minimum atomic E-state index is 0.0153. The first-order chi connectivity index (χ1) is 13.7. The van der Waals surface area contributed by atoms with E-state index in [9.17, 15) is 9.59 Å². The van der Waals surface area contributed by atoms with Gasteiger partial charge in [0.1, 0.15) is 5.82 Å². The largest absolute Gasteiger partial charge is 0.367 e. The van der Waals surface area contributed by atoms with Crippen molar-refractivity contribution in [1.82, 2.24) is 19.8 Å². The maximum absolute atomic E-state index is 13.0. The minimum absolute atomic E-state index is 0.0153. The van der Waals surface area contributed by atoms with Crippen molar-refractivity contribution in [3.05, 3.63) is 48.4 Å². The molecule has 8 nitrogen and oxygen atoms in total. The molecule has 0 bridgehead atoms. The third-order valence-electron chi connectivity index (χ3n) is 5.34. The Hall–Kier alpha value is -3.16. The number of piperazine rings is 2. The van der Waals surface area contributed by atoms with Crippen LogP contribution in [0.5, 0.6) is 0 Å². The van der Waals surface area contributed by atoms with Crippen molar-refractivity contribution in [1.29, 1.82) is 0 Å². The molecule has 0 N–H and O–H groups in total. The summed E-state index contributed by atoms with van der Waals surface area (Å²) in [6.45, 7) is 5.75. The van der Waals surface area contributed by atoms with E-state index in [1.807, 2.05) is 29.2 Å². The molecule has 4 heterocycles. The van der Waals surface area contributed by atoms with Crippen molar-refractivity contribution in [3.8, 4) is 0 Å². The monoisotopic (exact) mass is 380 g/mol. The molecule has 2 aliphatic rings. The molecule has 2 aromatic heterocycles. The van der Waals surface area contributed by atoms with Crippen LogP contribution < -0.4 is 9.80 Å². The van der Waals surface area contributed by atoms with Crippen molar-refractivity contribution >= 4 is 23.8 Å². The van der Waals surface area contributed by atoms with Gasteiger partial charge in [0, 0.05) is 64.8 Å². The molecule has 4 rings (SSSR count). The predicted octanol–water partition coefficient (Wildman–Crippen LogP) is 0.717. The van der Waals surface area contributed by atoms with Crippen molar-refractivity contribution in [3.63, 3.8) is 0 Å². The first-order valence-electron chi connectivity index (χ1n) is 9.59. The SMILES string of the molecule is O=CN1CCN(c2cncc(C(=O)N3CCN(c4ccccn4)CC3)c2)CC1. The van der Waals surface area contributed by atoms with E-state index in [1.165, 1.54) is 0 Å². The number of amides is 2. The molecule has 2 aliphatic heterocycles. The molecule has 0 atom stereocenters. The third kappa shape index (κ3) is 3.90. The molecule has 2 fully saturated rings. The molecule has 2 aromatic rings. The number of aromatic nitrogens is 2. The number of rotatable bonds is 4. The van der Waals surface area contributed by atoms with Crippen LogP contribution in [0.15, 0.2) is 42.9 Å². The van der Waals surface area contributed by atoms with Crippen LogP contribution in [0.3, 0.4) is 0 Å². The van der Waals surface area contributed by atoms with Crippen LogP contribution in [0.2, 0.25) is 0 Å². The second-order valence-corrected chi connectivity index (χ2v) is 7.03. The molecule has 8 heteroatoms. The van der Waals surface area contributed by atoms with E-state index in [1.54, 1.807) is 23.5 Å². The van der Waals surface area contributed by atoms with Gasteiger partial charge in [-0.2, -0.15) is 0 Å². The Labute approximate surface area is 164 Å². The fourth-order valence-electron chi connectivity index (χ4n) is 3.67. The van der Waals surface area contributed by atoms with Crippen LogP contribution in [0.4, 0.5) is 11.5 Å². The summed E-state index contributed by atoms with van der Waals surface area (Å²) >= 11 is 0. The van der Waals surface area contributed by atoms with E-state index in [4.69, 9.17) is 0 Å². The van der Waals surface area contributed by atoms with E-state index < -0.39 is 0 Å². The second kappa shape index (κ2) is 8.24. The van der Waals surface area contributed by atoms with Crippen molar-refractivity contribution in [2.75, 3.05) is 62.2 Å². The van der Waals surface area contributed by atoms with Crippen molar-refractivity contribution < 1.29 is 9.59 Å². The van der Waals surface area contributed by atoms with E-state index in [-0.39, 0.29) is 5.91 Å². The smallest absolute Gasteiger partial charge is 0.255 e. The molecule has 0 spiro atoms. The highest BCUT2D eigenvalue weighted by molar-refractivity contribution is 5.95. The molecule has 28 heavy (non-hydrogen) atoms. The van der Waals surface area contributed by atoms with Crippen LogP contribution in [-0.2, 0) is 4.79 Å². The Morgan fingerprint density at radius 3 is 2.36 bits per heavy atom. The van der Waals surface area contributed by atoms with Gasteiger partial charge < -0.3 is 19.6 Å². The third-order valence-corrected chi connectivity index (χ3v) is 5.34. The summed E-state index contributed by atoms with van der Waals surface area (Å²) in [4.78, 5) is 40.5. The number of hydrogen-bond acceptors (Lipinski definition) is 6. The molecule has 0 saturated carbocycles. The molecule has 0 radical (unpaired) electrons. The highest BCUT2D eigenvalue weighted by Crippen LogP contribution is 2.19. The van der Waals surface area contributed by atoms with Gasteiger partial charge in [0.15, 0.2) is 0 Å². The molecule has 146 valence electrons. The Morgan fingerprint density at radius 2 is 1.68 bits per heavy atom. The summed E-state index contributed by atoms with van der Waals surface area (Å²) in [6.07, 6.45) is 6.10. The summed E-state index contributed by atoms with van der Waals surface area (Å²) in [7, 11) is 0. The van der Waals surface area contributed by atoms with Gasteiger partial charge in [0.2, 0.25) is 6.41 Å². The van der Waals surface area contributed by atoms with Gasteiger partial charge in [0.05, 0.1) is 17.4 Å². The van der Waals surface area contributed by atoms with Crippen LogP contribution in [0.25, 0.3) is 0 Å². The average Bonchev–Trinajstić information content (AvgIpc) is 2.79. The zero-order valence-corrected chi connectivity index (χ0v) is 15.8. The number of carbonyl (C=O) groups is 2. The van der Waals surface area contributed by atoms with Crippen molar-refractivity contribution in [2.24, 2.45) is 0 Å². The Balaban J connectivity index is 1.38. The standard InChI is InChI=1S/C20H24N6O2/c27-16-23-5-7-24(8-6-23)18-13-17(14-21-15-18)20(28)26-11-9-25(10-12-26)19-3-1-2-4-22-19/h1-4,13-16H,5-12H2. The fourth-order valence-corrected chi connectivity index (χ4v) is 3.67. The predicted molar refractivity (Wildman–Crippen MR) is 106 cm³/mol. The Kier molecular flexibility index (Phi) is 5.36. The lowest BCUT2D eigenvalue weighted by Crippen LogP contribution is -2.49. The number of carbonyl (C=O) groups excluding carboxylic acids is 2. The Bertz CT molecular complexity index is 814. The molecular weight excluding hydrogens is 356 g/mol. The van der Waals surface area contributed by atoms with E-state index in [0.29, 0.717) is 31.7 Å². The summed E-state index contributed by atoms with van der Waals surface area (Å²) < 4.78 is 0. The lowest BCUT2D eigenvalue weighted by Gasteiger charge is -2.36. The topological polar surface area (TPSA) is 72.9 Å². The first-order valence-corrected chi connectivity index (χ1v) is 9.59. The van der Waals surface area contributed by atoms with Crippen LogP contribution >= 0.6 is 0 Å². The summed E-state index contributed by atoms with van der Waals surface area (Å²) in [5.41, 5.74) is 1.55. The second-order valence-electron chi connectivity index (χ2n) is 7.03. The van der Waals surface area contributed by atoms with Gasteiger partial charge in [-0.05, 0) is 18.2 Å². The zero-order chi connectivity index (χ0) is 19.3. The summed E-state index contributed by atoms with van der Waals surface area (Å²) in [5.74, 6) is 0.967. The average molecular weight is 380 g/mol. The Morgan fingerprint density at radius 1 is 0.929 bits per heavy atom. The van der Waals surface area contributed by atoms with Gasteiger partial charge in [-0.3, -0.25) is 14.6 Å². The summed E-state index contributed by atoms with van der Waals surface area (Å²) in [5, 5.41) is 0. The highest BCUT2D eigenvalue weighted by Gasteiger charge is 2.24.